The molecule has 2 rings (SSSR count). The van der Waals surface area contributed by atoms with E-state index in [2.05, 4.69) is 11.8 Å². The van der Waals surface area contributed by atoms with Gasteiger partial charge in [-0.15, -0.1) is 0 Å². The molecular weight excluding hydrogens is 252 g/mol. The number of aliphatic carboxylic acids is 1. The molecule has 0 aliphatic heterocycles. The SMILES string of the molecule is O=C(O)CC#Cc1ccc(C(=O)c2ccccc2)cc1. The molecule has 0 radical (unpaired) electrons. The van der Waals surface area contributed by atoms with E-state index in [-0.39, 0.29) is 12.2 Å². The molecular formula is C17H12O3. The molecule has 0 fully saturated rings. The van der Waals surface area contributed by atoms with Crippen LogP contribution >= 0.6 is 0 Å². The van der Waals surface area contributed by atoms with Crippen LogP contribution in [0.3, 0.4) is 0 Å². The maximum atomic E-state index is 12.1. The van der Waals surface area contributed by atoms with E-state index >= 15 is 0 Å². The summed E-state index contributed by atoms with van der Waals surface area (Å²) in [4.78, 5) is 22.5. The van der Waals surface area contributed by atoms with Crippen molar-refractivity contribution in [1.82, 2.24) is 0 Å². The minimum absolute atomic E-state index is 0.0457. The molecule has 98 valence electrons. The molecule has 0 saturated heterocycles. The van der Waals surface area contributed by atoms with Gasteiger partial charge in [0.2, 0.25) is 0 Å². The Labute approximate surface area is 116 Å². The van der Waals surface area contributed by atoms with Gasteiger partial charge in [0.1, 0.15) is 6.42 Å². The molecule has 0 heterocycles. The number of hydrogen-bond donors (Lipinski definition) is 1. The smallest absolute Gasteiger partial charge is 0.315 e. The van der Waals surface area contributed by atoms with Gasteiger partial charge in [-0.2, -0.15) is 0 Å². The van der Waals surface area contributed by atoms with Crippen molar-refractivity contribution in [2.24, 2.45) is 0 Å². The Morgan fingerprint density at radius 2 is 1.50 bits per heavy atom. The fraction of sp³-hybridized carbons (Fsp3) is 0.0588. The van der Waals surface area contributed by atoms with Gasteiger partial charge in [-0.05, 0) is 24.3 Å². The zero-order valence-corrected chi connectivity index (χ0v) is 10.7. The van der Waals surface area contributed by atoms with Crippen LogP contribution in [0.2, 0.25) is 0 Å². The quantitative estimate of drug-likeness (QED) is 0.685. The van der Waals surface area contributed by atoms with E-state index in [1.54, 1.807) is 36.4 Å². The summed E-state index contributed by atoms with van der Waals surface area (Å²) < 4.78 is 0. The van der Waals surface area contributed by atoms with Crippen molar-refractivity contribution in [1.29, 1.82) is 0 Å². The highest BCUT2D eigenvalue weighted by atomic mass is 16.4. The summed E-state index contributed by atoms with van der Waals surface area (Å²) in [6.45, 7) is 0. The van der Waals surface area contributed by atoms with Gasteiger partial charge in [-0.25, -0.2) is 0 Å². The van der Waals surface area contributed by atoms with Gasteiger partial charge in [0, 0.05) is 16.7 Å². The summed E-state index contributed by atoms with van der Waals surface area (Å²) in [5.74, 6) is 4.29. The van der Waals surface area contributed by atoms with Crippen molar-refractivity contribution in [3.63, 3.8) is 0 Å². The number of carbonyl (C=O) groups is 2. The predicted octanol–water partition coefficient (Wildman–Crippen LogP) is 2.74. The third-order valence-corrected chi connectivity index (χ3v) is 2.66. The van der Waals surface area contributed by atoms with Gasteiger partial charge in [0.15, 0.2) is 5.78 Å². The van der Waals surface area contributed by atoms with Crippen molar-refractivity contribution < 1.29 is 14.7 Å². The summed E-state index contributed by atoms with van der Waals surface area (Å²) in [6.07, 6.45) is -0.190. The maximum absolute atomic E-state index is 12.1. The average Bonchev–Trinajstić information content (AvgIpc) is 2.48. The molecule has 0 unspecified atom stereocenters. The van der Waals surface area contributed by atoms with E-state index in [0.717, 1.165) is 0 Å². The van der Waals surface area contributed by atoms with Crippen LogP contribution in [0.15, 0.2) is 54.6 Å². The first-order valence-electron chi connectivity index (χ1n) is 6.07. The van der Waals surface area contributed by atoms with Crippen LogP contribution in [-0.4, -0.2) is 16.9 Å². The zero-order chi connectivity index (χ0) is 14.4. The Balaban J connectivity index is 2.14. The molecule has 0 aromatic heterocycles. The fourth-order valence-corrected chi connectivity index (χ4v) is 1.68. The number of ketones is 1. The lowest BCUT2D eigenvalue weighted by Crippen LogP contribution is -2.00. The summed E-state index contributed by atoms with van der Waals surface area (Å²) in [7, 11) is 0. The van der Waals surface area contributed by atoms with Crippen molar-refractivity contribution in [3.05, 3.63) is 71.3 Å². The fourth-order valence-electron chi connectivity index (χ4n) is 1.68. The number of carboxylic acids is 1. The minimum Gasteiger partial charge on any atom is -0.481 e. The van der Waals surface area contributed by atoms with Crippen LogP contribution < -0.4 is 0 Å². The third kappa shape index (κ3) is 3.56. The first kappa shape index (κ1) is 13.6. The lowest BCUT2D eigenvalue weighted by Gasteiger charge is -2.00. The summed E-state index contributed by atoms with van der Waals surface area (Å²) >= 11 is 0. The maximum Gasteiger partial charge on any atom is 0.315 e. The normalized spacial score (nSPS) is 9.40. The third-order valence-electron chi connectivity index (χ3n) is 2.66. The second-order valence-electron chi connectivity index (χ2n) is 4.14. The first-order chi connectivity index (χ1) is 9.66. The van der Waals surface area contributed by atoms with Crippen LogP contribution in [0, 0.1) is 11.8 Å². The molecule has 3 nitrogen and oxygen atoms in total. The average molecular weight is 264 g/mol. The van der Waals surface area contributed by atoms with Crippen molar-refractivity contribution in [3.8, 4) is 11.8 Å². The van der Waals surface area contributed by atoms with Gasteiger partial charge < -0.3 is 5.11 Å². The minimum atomic E-state index is -0.951. The first-order valence-corrected chi connectivity index (χ1v) is 6.07. The van der Waals surface area contributed by atoms with Crippen LogP contribution in [0.5, 0.6) is 0 Å². The molecule has 0 bridgehead atoms. The Morgan fingerprint density at radius 3 is 2.10 bits per heavy atom. The Hall–Kier alpha value is -2.86. The predicted molar refractivity (Wildman–Crippen MR) is 75.4 cm³/mol. The molecule has 2 aromatic carbocycles. The highest BCUT2D eigenvalue weighted by molar-refractivity contribution is 6.08. The summed E-state index contributed by atoms with van der Waals surface area (Å²) in [5, 5.41) is 8.49. The Morgan fingerprint density at radius 1 is 0.900 bits per heavy atom. The van der Waals surface area contributed by atoms with Gasteiger partial charge in [0.25, 0.3) is 0 Å². The number of rotatable bonds is 3. The van der Waals surface area contributed by atoms with E-state index in [9.17, 15) is 9.59 Å². The van der Waals surface area contributed by atoms with Gasteiger partial charge in [-0.3, -0.25) is 9.59 Å². The Bertz CT molecular complexity index is 674. The van der Waals surface area contributed by atoms with Crippen LogP contribution in [0.4, 0.5) is 0 Å². The van der Waals surface area contributed by atoms with E-state index in [4.69, 9.17) is 5.11 Å². The molecule has 0 aliphatic rings. The molecule has 20 heavy (non-hydrogen) atoms. The largest absolute Gasteiger partial charge is 0.481 e. The van der Waals surface area contributed by atoms with Crippen LogP contribution in [0.1, 0.15) is 27.9 Å². The molecule has 1 N–H and O–H groups in total. The van der Waals surface area contributed by atoms with Crippen molar-refractivity contribution in [2.45, 2.75) is 6.42 Å². The molecule has 0 atom stereocenters. The standard InChI is InChI=1S/C17H12O3/c18-16(19)8-4-5-13-9-11-15(12-10-13)17(20)14-6-2-1-3-7-14/h1-3,6-7,9-12H,8H2,(H,18,19). The summed E-state index contributed by atoms with van der Waals surface area (Å²) in [5.41, 5.74) is 1.91. The van der Waals surface area contributed by atoms with E-state index < -0.39 is 5.97 Å². The Kier molecular flexibility index (Phi) is 4.31. The molecule has 2 aromatic rings. The number of carbonyl (C=O) groups excluding carboxylic acids is 1. The highest BCUT2D eigenvalue weighted by Crippen LogP contribution is 2.10. The number of hydrogen-bond acceptors (Lipinski definition) is 2. The van der Waals surface area contributed by atoms with Crippen molar-refractivity contribution in [2.75, 3.05) is 0 Å². The molecule has 0 amide bonds. The van der Waals surface area contributed by atoms with E-state index in [0.29, 0.717) is 16.7 Å². The number of benzene rings is 2. The molecule has 3 heteroatoms. The summed E-state index contributed by atoms with van der Waals surface area (Å²) in [6, 6.07) is 15.8. The second-order valence-corrected chi connectivity index (χ2v) is 4.14. The monoisotopic (exact) mass is 264 g/mol. The lowest BCUT2D eigenvalue weighted by molar-refractivity contribution is -0.135. The molecule has 0 aliphatic carbocycles. The lowest BCUT2D eigenvalue weighted by atomic mass is 10.0. The van der Waals surface area contributed by atoms with Crippen molar-refractivity contribution >= 4 is 11.8 Å². The van der Waals surface area contributed by atoms with Crippen LogP contribution in [0.25, 0.3) is 0 Å². The second kappa shape index (κ2) is 6.35. The zero-order valence-electron chi connectivity index (χ0n) is 10.7. The number of carboxylic acid groups (broad SMARTS) is 1. The van der Waals surface area contributed by atoms with E-state index in [1.807, 2.05) is 18.2 Å². The van der Waals surface area contributed by atoms with Gasteiger partial charge in [0.05, 0.1) is 0 Å². The van der Waals surface area contributed by atoms with Gasteiger partial charge in [-0.1, -0.05) is 42.2 Å². The topological polar surface area (TPSA) is 54.4 Å². The molecule has 0 saturated carbocycles. The highest BCUT2D eigenvalue weighted by Gasteiger charge is 2.07. The molecule has 0 spiro atoms. The van der Waals surface area contributed by atoms with E-state index in [1.165, 1.54) is 0 Å². The van der Waals surface area contributed by atoms with Crippen LogP contribution in [-0.2, 0) is 4.79 Å². The van der Waals surface area contributed by atoms with Gasteiger partial charge >= 0.3 is 5.97 Å².